The molecule has 0 saturated carbocycles. The molecule has 0 saturated heterocycles. The van der Waals surface area contributed by atoms with Gasteiger partial charge in [0, 0.05) is 12.6 Å². The summed E-state index contributed by atoms with van der Waals surface area (Å²) in [4.78, 5) is 2.10. The minimum atomic E-state index is 0.209. The van der Waals surface area contributed by atoms with Crippen LogP contribution >= 0.6 is 0 Å². The Balaban J connectivity index is 2.39. The zero-order chi connectivity index (χ0) is 12.0. The summed E-state index contributed by atoms with van der Waals surface area (Å²) >= 11 is 0. The van der Waals surface area contributed by atoms with E-state index in [2.05, 4.69) is 17.0 Å². The van der Waals surface area contributed by atoms with Crippen molar-refractivity contribution in [2.24, 2.45) is 5.73 Å². The first-order valence-electron chi connectivity index (χ1n) is 5.70. The molecule has 1 atom stereocenters. The summed E-state index contributed by atoms with van der Waals surface area (Å²) in [5, 5.41) is 0. The number of rotatable bonds is 6. The molecule has 1 aromatic carbocycles. The highest BCUT2D eigenvalue weighted by Gasteiger charge is 1.99. The zero-order valence-electron chi connectivity index (χ0n) is 10.4. The highest BCUT2D eigenvalue weighted by atomic mass is 16.5. The van der Waals surface area contributed by atoms with Crippen LogP contribution in [0.25, 0.3) is 0 Å². The van der Waals surface area contributed by atoms with Gasteiger partial charge in [-0.3, -0.25) is 0 Å². The van der Waals surface area contributed by atoms with Gasteiger partial charge in [-0.15, -0.1) is 0 Å². The zero-order valence-corrected chi connectivity index (χ0v) is 10.4. The van der Waals surface area contributed by atoms with Crippen LogP contribution < -0.4 is 10.5 Å². The van der Waals surface area contributed by atoms with Crippen molar-refractivity contribution in [3.05, 3.63) is 29.8 Å². The predicted octanol–water partition coefficient (Wildman–Crippen LogP) is 1.52. The number of likely N-dealkylation sites (N-methyl/N-ethyl adjacent to an activating group) is 1. The second-order valence-electron chi connectivity index (χ2n) is 4.48. The monoisotopic (exact) mass is 222 g/mol. The quantitative estimate of drug-likeness (QED) is 0.793. The minimum absolute atomic E-state index is 0.209. The molecule has 0 aromatic heterocycles. The molecule has 0 bridgehead atoms. The molecule has 0 aliphatic heterocycles. The molecule has 0 heterocycles. The molecule has 1 rings (SSSR count). The van der Waals surface area contributed by atoms with Crippen molar-refractivity contribution in [1.82, 2.24) is 4.90 Å². The largest absolute Gasteiger partial charge is 0.492 e. The third-order valence-corrected chi connectivity index (χ3v) is 2.29. The van der Waals surface area contributed by atoms with Crippen LogP contribution in [-0.2, 0) is 6.42 Å². The highest BCUT2D eigenvalue weighted by Crippen LogP contribution is 2.13. The lowest BCUT2D eigenvalue weighted by atomic mass is 10.1. The molecule has 3 heteroatoms. The van der Waals surface area contributed by atoms with E-state index < -0.39 is 0 Å². The summed E-state index contributed by atoms with van der Waals surface area (Å²) < 4.78 is 5.60. The highest BCUT2D eigenvalue weighted by molar-refractivity contribution is 5.27. The topological polar surface area (TPSA) is 38.5 Å². The average molecular weight is 222 g/mol. The average Bonchev–Trinajstić information content (AvgIpc) is 2.19. The van der Waals surface area contributed by atoms with E-state index in [0.717, 1.165) is 25.3 Å². The fourth-order valence-electron chi connectivity index (χ4n) is 1.44. The Bertz CT molecular complexity index is 293. The van der Waals surface area contributed by atoms with Crippen molar-refractivity contribution in [3.8, 4) is 5.75 Å². The first-order valence-corrected chi connectivity index (χ1v) is 5.70. The van der Waals surface area contributed by atoms with E-state index in [1.54, 1.807) is 0 Å². The maximum atomic E-state index is 5.74. The molecular weight excluding hydrogens is 200 g/mol. The fourth-order valence-corrected chi connectivity index (χ4v) is 1.44. The number of hydrogen-bond donors (Lipinski definition) is 1. The van der Waals surface area contributed by atoms with Gasteiger partial charge in [0.2, 0.25) is 0 Å². The van der Waals surface area contributed by atoms with Crippen LogP contribution in [-0.4, -0.2) is 38.2 Å². The molecule has 0 radical (unpaired) electrons. The lowest BCUT2D eigenvalue weighted by molar-refractivity contribution is 0.261. The molecule has 0 spiro atoms. The summed E-state index contributed by atoms with van der Waals surface area (Å²) in [6, 6.07) is 8.38. The Hall–Kier alpha value is -1.06. The van der Waals surface area contributed by atoms with Crippen LogP contribution in [0.2, 0.25) is 0 Å². The summed E-state index contributed by atoms with van der Waals surface area (Å²) in [5.74, 6) is 0.926. The smallest absolute Gasteiger partial charge is 0.119 e. The normalized spacial score (nSPS) is 12.8. The van der Waals surface area contributed by atoms with E-state index in [0.29, 0.717) is 0 Å². The van der Waals surface area contributed by atoms with Gasteiger partial charge >= 0.3 is 0 Å². The third-order valence-electron chi connectivity index (χ3n) is 2.29. The van der Waals surface area contributed by atoms with E-state index in [-0.39, 0.29) is 6.04 Å². The number of nitrogens with zero attached hydrogens (tertiary/aromatic N) is 1. The molecule has 0 fully saturated rings. The van der Waals surface area contributed by atoms with Crippen molar-refractivity contribution in [3.63, 3.8) is 0 Å². The number of nitrogens with two attached hydrogens (primary N) is 1. The Morgan fingerprint density at radius 3 is 2.38 bits per heavy atom. The Morgan fingerprint density at radius 1 is 1.25 bits per heavy atom. The van der Waals surface area contributed by atoms with Crippen LogP contribution in [0.4, 0.5) is 0 Å². The maximum Gasteiger partial charge on any atom is 0.119 e. The first kappa shape index (κ1) is 13.0. The molecule has 16 heavy (non-hydrogen) atoms. The molecule has 0 amide bonds. The predicted molar refractivity (Wildman–Crippen MR) is 67.8 cm³/mol. The van der Waals surface area contributed by atoms with E-state index in [1.165, 1.54) is 5.56 Å². The molecular formula is C13H22N2O. The molecule has 0 aliphatic carbocycles. The van der Waals surface area contributed by atoms with Gasteiger partial charge in [-0.25, -0.2) is 0 Å². The molecule has 90 valence electrons. The minimum Gasteiger partial charge on any atom is -0.492 e. The van der Waals surface area contributed by atoms with Gasteiger partial charge in [-0.05, 0) is 45.1 Å². The fraction of sp³-hybridized carbons (Fsp3) is 0.538. The van der Waals surface area contributed by atoms with E-state index in [4.69, 9.17) is 10.5 Å². The number of benzene rings is 1. The van der Waals surface area contributed by atoms with Crippen molar-refractivity contribution < 1.29 is 4.74 Å². The summed E-state index contributed by atoms with van der Waals surface area (Å²) in [6.45, 7) is 3.67. The van der Waals surface area contributed by atoms with Crippen molar-refractivity contribution >= 4 is 0 Å². The van der Waals surface area contributed by atoms with Crippen LogP contribution in [0.15, 0.2) is 24.3 Å². The van der Waals surface area contributed by atoms with E-state index in [9.17, 15) is 0 Å². The van der Waals surface area contributed by atoms with Crippen molar-refractivity contribution in [1.29, 1.82) is 0 Å². The van der Waals surface area contributed by atoms with Crippen LogP contribution in [0.1, 0.15) is 12.5 Å². The summed E-state index contributed by atoms with van der Waals surface area (Å²) in [7, 11) is 4.07. The van der Waals surface area contributed by atoms with Crippen molar-refractivity contribution in [2.75, 3.05) is 27.2 Å². The lowest BCUT2D eigenvalue weighted by Crippen LogP contribution is -2.19. The van der Waals surface area contributed by atoms with Gasteiger partial charge in [0.1, 0.15) is 12.4 Å². The molecule has 2 N–H and O–H groups in total. The van der Waals surface area contributed by atoms with Gasteiger partial charge in [0.15, 0.2) is 0 Å². The molecule has 0 aliphatic rings. The SMILES string of the molecule is C[C@@H](N)Cc1ccc(OCCN(C)C)cc1. The van der Waals surface area contributed by atoms with Gasteiger partial charge in [-0.2, -0.15) is 0 Å². The van der Waals surface area contributed by atoms with Crippen molar-refractivity contribution in [2.45, 2.75) is 19.4 Å². The first-order chi connectivity index (χ1) is 7.58. The Morgan fingerprint density at radius 2 is 1.88 bits per heavy atom. The summed E-state index contributed by atoms with van der Waals surface area (Å²) in [6.07, 6.45) is 0.915. The van der Waals surface area contributed by atoms with Gasteiger partial charge in [0.25, 0.3) is 0 Å². The van der Waals surface area contributed by atoms with Crippen LogP contribution in [0.3, 0.4) is 0 Å². The standard InChI is InChI=1S/C13H22N2O/c1-11(14)10-12-4-6-13(7-5-12)16-9-8-15(2)3/h4-7,11H,8-10,14H2,1-3H3/t11-/m1/s1. The molecule has 1 aromatic rings. The third kappa shape index (κ3) is 5.14. The van der Waals surface area contributed by atoms with Crippen LogP contribution in [0.5, 0.6) is 5.75 Å². The molecule has 0 unspecified atom stereocenters. The van der Waals surface area contributed by atoms with Crippen LogP contribution in [0, 0.1) is 0 Å². The number of hydrogen-bond acceptors (Lipinski definition) is 3. The second-order valence-corrected chi connectivity index (χ2v) is 4.48. The van der Waals surface area contributed by atoms with Gasteiger partial charge in [0.05, 0.1) is 0 Å². The Kier molecular flexibility index (Phi) is 5.29. The van der Waals surface area contributed by atoms with Gasteiger partial charge < -0.3 is 15.4 Å². The second kappa shape index (κ2) is 6.51. The van der Waals surface area contributed by atoms with E-state index >= 15 is 0 Å². The summed E-state index contributed by atoms with van der Waals surface area (Å²) in [5.41, 5.74) is 7.00. The Labute approximate surface area is 98.2 Å². The van der Waals surface area contributed by atoms with E-state index in [1.807, 2.05) is 33.2 Å². The number of ether oxygens (including phenoxy) is 1. The maximum absolute atomic E-state index is 5.74. The lowest BCUT2D eigenvalue weighted by Gasteiger charge is -2.11. The molecule has 3 nitrogen and oxygen atoms in total. The van der Waals surface area contributed by atoms with Gasteiger partial charge in [-0.1, -0.05) is 12.1 Å².